The number of likely N-dealkylation sites (tertiary alicyclic amines) is 1. The second kappa shape index (κ2) is 7.19. The Morgan fingerprint density at radius 1 is 1.18 bits per heavy atom. The van der Waals surface area contributed by atoms with Gasteiger partial charge in [-0.3, -0.25) is 0 Å². The fourth-order valence-corrected chi connectivity index (χ4v) is 3.09. The fourth-order valence-electron chi connectivity index (χ4n) is 3.09. The number of hydrogen-bond donors (Lipinski definition) is 0. The predicted molar refractivity (Wildman–Crippen MR) is 92.2 cm³/mol. The van der Waals surface area contributed by atoms with E-state index in [2.05, 4.69) is 15.1 Å². The van der Waals surface area contributed by atoms with Crippen molar-refractivity contribution in [3.63, 3.8) is 0 Å². The zero-order chi connectivity index (χ0) is 19.7. The molecule has 10 heteroatoms. The van der Waals surface area contributed by atoms with E-state index in [1.54, 1.807) is 6.21 Å². The number of nitrogens with zero attached hydrogens (tertiary/aromatic N) is 6. The first-order chi connectivity index (χ1) is 13.5. The second-order valence-electron chi connectivity index (χ2n) is 6.38. The summed E-state index contributed by atoms with van der Waals surface area (Å²) >= 11 is 0. The van der Waals surface area contributed by atoms with Crippen LogP contribution in [0.25, 0.3) is 0 Å². The average molecular weight is 384 g/mol. The molecule has 0 saturated carbocycles. The zero-order valence-electron chi connectivity index (χ0n) is 14.5. The summed E-state index contributed by atoms with van der Waals surface area (Å²) in [6, 6.07) is 5.58. The first-order valence-electron chi connectivity index (χ1n) is 8.49. The van der Waals surface area contributed by atoms with E-state index in [9.17, 15) is 13.6 Å². The Hall–Kier alpha value is -3.61. The number of hydrazone groups is 1. The van der Waals surface area contributed by atoms with Crippen molar-refractivity contribution >= 4 is 12.2 Å². The van der Waals surface area contributed by atoms with E-state index in [0.717, 1.165) is 6.07 Å². The van der Waals surface area contributed by atoms with E-state index >= 15 is 0 Å². The maximum absolute atomic E-state index is 13.5. The number of nitriles is 1. The normalized spacial score (nSPS) is 18.7. The lowest BCUT2D eigenvalue weighted by Crippen LogP contribution is -2.58. The predicted octanol–water partition coefficient (Wildman–Crippen LogP) is 2.24. The molecule has 0 aliphatic carbocycles. The highest BCUT2D eigenvalue weighted by molar-refractivity contribution is 5.79. The third kappa shape index (κ3) is 3.46. The minimum Gasteiger partial charge on any atom is -0.470 e. The maximum Gasteiger partial charge on any atom is 0.341 e. The molecular weight excluding hydrogens is 370 g/mol. The quantitative estimate of drug-likeness (QED) is 0.809. The van der Waals surface area contributed by atoms with Crippen molar-refractivity contribution in [1.29, 1.82) is 5.26 Å². The Bertz CT molecular complexity index is 966. The molecule has 1 atom stereocenters. The van der Waals surface area contributed by atoms with E-state index in [1.165, 1.54) is 34.4 Å². The van der Waals surface area contributed by atoms with Gasteiger partial charge in [-0.1, -0.05) is 0 Å². The van der Waals surface area contributed by atoms with Gasteiger partial charge >= 0.3 is 6.03 Å². The van der Waals surface area contributed by atoms with Gasteiger partial charge in [0.1, 0.15) is 35.8 Å². The summed E-state index contributed by atoms with van der Waals surface area (Å²) in [6.45, 7) is 0.613. The molecule has 0 N–H and O–H groups in total. The minimum absolute atomic E-state index is 0.189. The van der Waals surface area contributed by atoms with Crippen LogP contribution >= 0.6 is 0 Å². The van der Waals surface area contributed by atoms with Gasteiger partial charge < -0.3 is 9.64 Å². The first kappa shape index (κ1) is 17.8. The van der Waals surface area contributed by atoms with Gasteiger partial charge in [-0.25, -0.2) is 28.6 Å². The van der Waals surface area contributed by atoms with Crippen LogP contribution in [0.3, 0.4) is 0 Å². The van der Waals surface area contributed by atoms with Crippen molar-refractivity contribution in [2.45, 2.75) is 18.6 Å². The average Bonchev–Trinajstić information content (AvgIpc) is 3.13. The van der Waals surface area contributed by atoms with Crippen molar-refractivity contribution in [3.05, 3.63) is 53.5 Å². The van der Waals surface area contributed by atoms with Crippen LogP contribution in [0.15, 0.2) is 35.7 Å². The molecule has 2 aromatic rings. The number of ether oxygens (including phenoxy) is 1. The van der Waals surface area contributed by atoms with Crippen LogP contribution in [0.5, 0.6) is 5.88 Å². The third-order valence-corrected chi connectivity index (χ3v) is 4.46. The largest absolute Gasteiger partial charge is 0.470 e. The molecule has 3 heterocycles. The van der Waals surface area contributed by atoms with Crippen LogP contribution in [0, 0.1) is 23.0 Å². The number of benzene rings is 1. The van der Waals surface area contributed by atoms with Crippen LogP contribution in [0.1, 0.15) is 23.7 Å². The summed E-state index contributed by atoms with van der Waals surface area (Å²) in [7, 11) is 0. The van der Waals surface area contributed by atoms with Gasteiger partial charge in [0.25, 0.3) is 0 Å². The summed E-state index contributed by atoms with van der Waals surface area (Å²) < 4.78 is 32.7. The van der Waals surface area contributed by atoms with Crippen LogP contribution in [0.2, 0.25) is 0 Å². The Morgan fingerprint density at radius 2 is 1.93 bits per heavy atom. The second-order valence-corrected chi connectivity index (χ2v) is 6.38. The molecule has 1 fully saturated rings. The van der Waals surface area contributed by atoms with Crippen molar-refractivity contribution < 1.29 is 18.3 Å². The molecule has 2 aliphatic rings. The van der Waals surface area contributed by atoms with Crippen molar-refractivity contribution in [3.8, 4) is 11.9 Å². The van der Waals surface area contributed by atoms with Gasteiger partial charge in [-0.2, -0.15) is 10.4 Å². The topological polar surface area (TPSA) is 94.7 Å². The summed E-state index contributed by atoms with van der Waals surface area (Å²) in [5.74, 6) is -1.14. The molecular formula is C18H14F2N6O2. The maximum atomic E-state index is 13.5. The highest BCUT2D eigenvalue weighted by Crippen LogP contribution is 2.31. The first-order valence-corrected chi connectivity index (χ1v) is 8.49. The number of carbonyl (C=O) groups excluding carboxylic acids is 1. The lowest BCUT2D eigenvalue weighted by Gasteiger charge is -2.40. The molecule has 2 amide bonds. The molecule has 0 spiro atoms. The van der Waals surface area contributed by atoms with E-state index in [4.69, 9.17) is 10.00 Å². The standard InChI is InChI=1S/C18H14F2N6O2/c19-12-3-11(4-13(20)5-12)16-1-2-24-26(16)18(27)25-8-15(9-25)28-17-6-14(7-21)22-10-23-17/h2-6,10,15-16H,1,8-9H2/t16-/m0/s1. The lowest BCUT2D eigenvalue weighted by atomic mass is 10.0. The Kier molecular flexibility index (Phi) is 4.57. The molecule has 0 unspecified atom stereocenters. The molecule has 0 bridgehead atoms. The van der Waals surface area contributed by atoms with Crippen LogP contribution in [-0.2, 0) is 0 Å². The van der Waals surface area contributed by atoms with Crippen molar-refractivity contribution in [2.75, 3.05) is 13.1 Å². The van der Waals surface area contributed by atoms with Gasteiger partial charge in [0.2, 0.25) is 5.88 Å². The number of halogens is 2. The molecule has 2 aliphatic heterocycles. The fraction of sp³-hybridized carbons (Fsp3) is 0.278. The molecule has 4 rings (SSSR count). The van der Waals surface area contributed by atoms with Gasteiger partial charge in [0.15, 0.2) is 0 Å². The highest BCUT2D eigenvalue weighted by atomic mass is 19.1. The molecule has 8 nitrogen and oxygen atoms in total. The number of hydrogen-bond acceptors (Lipinski definition) is 6. The van der Waals surface area contributed by atoms with Gasteiger partial charge in [0, 0.05) is 24.8 Å². The molecule has 1 aromatic carbocycles. The van der Waals surface area contributed by atoms with Gasteiger partial charge in [0.05, 0.1) is 19.1 Å². The molecule has 1 saturated heterocycles. The number of aromatic nitrogens is 2. The summed E-state index contributed by atoms with van der Waals surface area (Å²) in [4.78, 5) is 21.9. The van der Waals surface area contributed by atoms with E-state index in [1.807, 2.05) is 6.07 Å². The number of amides is 2. The van der Waals surface area contributed by atoms with Gasteiger partial charge in [-0.15, -0.1) is 0 Å². The smallest absolute Gasteiger partial charge is 0.341 e. The van der Waals surface area contributed by atoms with E-state index in [0.29, 0.717) is 25.1 Å². The Morgan fingerprint density at radius 3 is 2.64 bits per heavy atom. The number of rotatable bonds is 3. The summed E-state index contributed by atoms with van der Waals surface area (Å²) in [5.41, 5.74) is 0.538. The van der Waals surface area contributed by atoms with Crippen LogP contribution < -0.4 is 4.74 Å². The third-order valence-electron chi connectivity index (χ3n) is 4.46. The minimum atomic E-state index is -0.701. The Balaban J connectivity index is 1.38. The van der Waals surface area contributed by atoms with Crippen LogP contribution in [0.4, 0.5) is 13.6 Å². The highest BCUT2D eigenvalue weighted by Gasteiger charge is 2.39. The SMILES string of the molecule is N#Cc1cc(OC2CN(C(=O)N3N=CC[C@H]3c3cc(F)cc(F)c3)C2)ncn1. The molecule has 0 radical (unpaired) electrons. The summed E-state index contributed by atoms with van der Waals surface area (Å²) in [5, 5.41) is 14.1. The monoisotopic (exact) mass is 384 g/mol. The molecule has 1 aromatic heterocycles. The number of carbonyl (C=O) groups is 1. The van der Waals surface area contributed by atoms with E-state index < -0.39 is 17.7 Å². The lowest BCUT2D eigenvalue weighted by molar-refractivity contribution is 0.0251. The Labute approximate surface area is 158 Å². The summed E-state index contributed by atoms with van der Waals surface area (Å²) in [6.07, 6.45) is 2.88. The number of urea groups is 1. The van der Waals surface area contributed by atoms with Gasteiger partial charge in [-0.05, 0) is 17.7 Å². The molecule has 28 heavy (non-hydrogen) atoms. The van der Waals surface area contributed by atoms with E-state index in [-0.39, 0.29) is 23.7 Å². The van der Waals surface area contributed by atoms with Crippen molar-refractivity contribution in [2.24, 2.45) is 5.10 Å². The zero-order valence-corrected chi connectivity index (χ0v) is 14.5. The van der Waals surface area contributed by atoms with Crippen molar-refractivity contribution in [1.82, 2.24) is 19.9 Å². The van der Waals surface area contributed by atoms with Crippen LogP contribution in [-0.4, -0.2) is 51.3 Å². The molecule has 142 valence electrons.